The number of hydrogen-bond donors (Lipinski definition) is 1. The Balaban J connectivity index is 2.95. The summed E-state index contributed by atoms with van der Waals surface area (Å²) in [6.07, 6.45) is 0. The molecule has 0 saturated heterocycles. The van der Waals surface area contributed by atoms with Crippen molar-refractivity contribution in [2.45, 2.75) is 33.1 Å². The van der Waals surface area contributed by atoms with Crippen LogP contribution in [0.15, 0.2) is 30.3 Å². The topological polar surface area (TPSA) is 37.3 Å². The zero-order valence-corrected chi connectivity index (χ0v) is 11.2. The molecule has 0 saturated carbocycles. The second-order valence-electron chi connectivity index (χ2n) is 5.71. The van der Waals surface area contributed by atoms with Crippen LogP contribution < -0.4 is 0 Å². The number of carbonyl (C=O) groups is 1. The molecular weight excluding hydrogens is 224 g/mol. The highest BCUT2D eigenvalue weighted by Crippen LogP contribution is 2.34. The maximum atomic E-state index is 11.4. The molecule has 1 N–H and O–H groups in total. The highest BCUT2D eigenvalue weighted by atomic mass is 16.4. The average Bonchev–Trinajstić information content (AvgIpc) is 2.26. The second kappa shape index (κ2) is 4.13. The van der Waals surface area contributed by atoms with E-state index in [1.54, 1.807) is 6.07 Å². The summed E-state index contributed by atoms with van der Waals surface area (Å²) < 4.78 is 0. The van der Waals surface area contributed by atoms with E-state index in [9.17, 15) is 9.90 Å². The Labute approximate surface area is 107 Å². The molecule has 0 amide bonds. The summed E-state index contributed by atoms with van der Waals surface area (Å²) in [5, 5.41) is 11.5. The maximum absolute atomic E-state index is 11.4. The fraction of sp³-hybridized carbons (Fsp3) is 0.312. The molecular formula is C16H18O2. The van der Waals surface area contributed by atoms with E-state index in [-0.39, 0.29) is 5.41 Å². The van der Waals surface area contributed by atoms with Gasteiger partial charge in [0.15, 0.2) is 0 Å². The van der Waals surface area contributed by atoms with Crippen molar-refractivity contribution in [3.8, 4) is 0 Å². The minimum absolute atomic E-state index is 0.193. The first-order chi connectivity index (χ1) is 8.32. The number of fused-ring (bicyclic) bond motifs is 1. The second-order valence-corrected chi connectivity index (χ2v) is 5.71. The van der Waals surface area contributed by atoms with Crippen molar-refractivity contribution in [2.75, 3.05) is 0 Å². The predicted octanol–water partition coefficient (Wildman–Crippen LogP) is 4.14. The van der Waals surface area contributed by atoms with Crippen LogP contribution in [0.5, 0.6) is 0 Å². The van der Waals surface area contributed by atoms with Crippen molar-refractivity contribution in [2.24, 2.45) is 0 Å². The Bertz CT molecular complexity index is 619. The molecule has 94 valence electrons. The highest BCUT2D eigenvalue weighted by Gasteiger charge is 2.24. The van der Waals surface area contributed by atoms with E-state index >= 15 is 0 Å². The summed E-state index contributed by atoms with van der Waals surface area (Å²) in [6.45, 7) is 8.21. The summed E-state index contributed by atoms with van der Waals surface area (Å²) in [7, 11) is 0. The third-order valence-electron chi connectivity index (χ3n) is 3.26. The first kappa shape index (κ1) is 12.6. The van der Waals surface area contributed by atoms with Gasteiger partial charge in [-0.2, -0.15) is 0 Å². The summed E-state index contributed by atoms with van der Waals surface area (Å²) in [5.41, 5.74) is 2.30. The van der Waals surface area contributed by atoms with Gasteiger partial charge in [-0.15, -0.1) is 0 Å². The van der Waals surface area contributed by atoms with E-state index in [2.05, 4.69) is 33.8 Å². The molecule has 0 aliphatic carbocycles. The van der Waals surface area contributed by atoms with Crippen LogP contribution in [-0.4, -0.2) is 11.1 Å². The zero-order chi connectivity index (χ0) is 13.5. The smallest absolute Gasteiger partial charge is 0.336 e. The lowest BCUT2D eigenvalue weighted by molar-refractivity contribution is 0.0694. The molecule has 0 bridgehead atoms. The van der Waals surface area contributed by atoms with Gasteiger partial charge < -0.3 is 5.11 Å². The molecule has 0 unspecified atom stereocenters. The molecule has 0 atom stereocenters. The number of aryl methyl sites for hydroxylation is 1. The van der Waals surface area contributed by atoms with Crippen molar-refractivity contribution in [1.82, 2.24) is 0 Å². The van der Waals surface area contributed by atoms with Gasteiger partial charge >= 0.3 is 5.97 Å². The van der Waals surface area contributed by atoms with Gasteiger partial charge in [-0.25, -0.2) is 4.79 Å². The largest absolute Gasteiger partial charge is 0.478 e. The summed E-state index contributed by atoms with van der Waals surface area (Å²) in [4.78, 5) is 11.4. The van der Waals surface area contributed by atoms with Crippen molar-refractivity contribution < 1.29 is 9.90 Å². The van der Waals surface area contributed by atoms with Gasteiger partial charge in [0.05, 0.1) is 5.56 Å². The maximum Gasteiger partial charge on any atom is 0.336 e. The molecule has 0 aliphatic heterocycles. The molecule has 0 aliphatic rings. The van der Waals surface area contributed by atoms with Gasteiger partial charge in [-0.1, -0.05) is 45.0 Å². The molecule has 2 rings (SSSR count). The van der Waals surface area contributed by atoms with Gasteiger partial charge in [-0.05, 0) is 40.3 Å². The van der Waals surface area contributed by atoms with E-state index < -0.39 is 5.97 Å². The fourth-order valence-corrected chi connectivity index (χ4v) is 2.50. The van der Waals surface area contributed by atoms with Crippen molar-refractivity contribution in [3.05, 3.63) is 47.0 Å². The third kappa shape index (κ3) is 1.99. The summed E-state index contributed by atoms with van der Waals surface area (Å²) in [6, 6.07) is 9.67. The van der Waals surface area contributed by atoms with Crippen LogP contribution in [0.25, 0.3) is 10.8 Å². The predicted molar refractivity (Wildman–Crippen MR) is 74.3 cm³/mol. The van der Waals surface area contributed by atoms with Gasteiger partial charge in [0.1, 0.15) is 0 Å². The van der Waals surface area contributed by atoms with Gasteiger partial charge in [0.25, 0.3) is 0 Å². The van der Waals surface area contributed by atoms with Crippen LogP contribution >= 0.6 is 0 Å². The Morgan fingerprint density at radius 1 is 1.06 bits per heavy atom. The molecule has 2 heteroatoms. The van der Waals surface area contributed by atoms with E-state index in [1.807, 2.05) is 18.2 Å². The summed E-state index contributed by atoms with van der Waals surface area (Å²) >= 11 is 0. The van der Waals surface area contributed by atoms with Crippen molar-refractivity contribution >= 4 is 16.7 Å². The number of aromatic carboxylic acids is 1. The standard InChI is InChI=1S/C16H18O2/c1-10-6-5-7-12-11(10)8-9-13(15(17)18)14(12)16(2,3)4/h5-9H,1-4H3,(H,17,18). The molecule has 2 aromatic carbocycles. The molecule has 0 radical (unpaired) electrons. The lowest BCUT2D eigenvalue weighted by atomic mass is 9.80. The molecule has 0 aromatic heterocycles. The quantitative estimate of drug-likeness (QED) is 0.815. The van der Waals surface area contributed by atoms with E-state index in [0.717, 1.165) is 16.3 Å². The van der Waals surface area contributed by atoms with Crippen molar-refractivity contribution in [3.63, 3.8) is 0 Å². The number of carboxylic acids is 1. The Morgan fingerprint density at radius 2 is 1.72 bits per heavy atom. The molecule has 18 heavy (non-hydrogen) atoms. The Hall–Kier alpha value is -1.83. The normalized spacial score (nSPS) is 11.8. The van der Waals surface area contributed by atoms with Crippen LogP contribution in [0.1, 0.15) is 42.3 Å². The molecule has 0 spiro atoms. The lowest BCUT2D eigenvalue weighted by Gasteiger charge is -2.24. The minimum Gasteiger partial charge on any atom is -0.478 e. The monoisotopic (exact) mass is 242 g/mol. The van der Waals surface area contributed by atoms with E-state index in [4.69, 9.17) is 0 Å². The van der Waals surface area contributed by atoms with Gasteiger partial charge in [0.2, 0.25) is 0 Å². The van der Waals surface area contributed by atoms with Crippen molar-refractivity contribution in [1.29, 1.82) is 0 Å². The van der Waals surface area contributed by atoms with Crippen LogP contribution in [0.4, 0.5) is 0 Å². The van der Waals surface area contributed by atoms with Crippen LogP contribution in [0, 0.1) is 6.92 Å². The first-order valence-corrected chi connectivity index (χ1v) is 6.08. The number of benzene rings is 2. The minimum atomic E-state index is -0.858. The lowest BCUT2D eigenvalue weighted by Crippen LogP contribution is -2.17. The average molecular weight is 242 g/mol. The first-order valence-electron chi connectivity index (χ1n) is 6.08. The van der Waals surface area contributed by atoms with Gasteiger partial charge in [0, 0.05) is 0 Å². The zero-order valence-electron chi connectivity index (χ0n) is 11.2. The highest BCUT2D eigenvalue weighted by molar-refractivity contribution is 5.99. The number of hydrogen-bond acceptors (Lipinski definition) is 1. The van der Waals surface area contributed by atoms with Gasteiger partial charge in [-0.3, -0.25) is 0 Å². The molecule has 2 aromatic rings. The van der Waals surface area contributed by atoms with Crippen LogP contribution in [0.2, 0.25) is 0 Å². The fourth-order valence-electron chi connectivity index (χ4n) is 2.50. The van der Waals surface area contributed by atoms with E-state index in [1.165, 1.54) is 5.56 Å². The van der Waals surface area contributed by atoms with E-state index in [0.29, 0.717) is 5.56 Å². The third-order valence-corrected chi connectivity index (χ3v) is 3.26. The molecule has 0 fully saturated rings. The number of rotatable bonds is 1. The Morgan fingerprint density at radius 3 is 2.28 bits per heavy atom. The van der Waals surface area contributed by atoms with Crippen LogP contribution in [-0.2, 0) is 5.41 Å². The molecule has 0 heterocycles. The SMILES string of the molecule is Cc1cccc2c(C(C)(C)C)c(C(=O)O)ccc12. The summed E-state index contributed by atoms with van der Waals surface area (Å²) in [5.74, 6) is -0.858. The Kier molecular flexibility index (Phi) is 2.89. The molecule has 2 nitrogen and oxygen atoms in total. The number of carboxylic acid groups (broad SMARTS) is 1. The van der Waals surface area contributed by atoms with Crippen LogP contribution in [0.3, 0.4) is 0 Å².